The van der Waals surface area contributed by atoms with Crippen molar-refractivity contribution in [2.75, 3.05) is 12.5 Å². The normalized spacial score (nSPS) is 14.0. The third-order valence-corrected chi connectivity index (χ3v) is 5.00. The number of hydrogen-bond acceptors (Lipinski definition) is 6. The molecule has 0 amide bonds. The summed E-state index contributed by atoms with van der Waals surface area (Å²) in [5, 5.41) is 0. The molecular formula is C10H12F3O6PS2. The van der Waals surface area contributed by atoms with Gasteiger partial charge in [0.25, 0.3) is 0 Å². The fourth-order valence-corrected chi connectivity index (χ4v) is 3.98. The fraction of sp³-hybridized carbons (Fsp3) is 0.400. The highest BCUT2D eigenvalue weighted by Crippen LogP contribution is 2.39. The minimum Gasteiger partial charge on any atom is -0.326 e. The van der Waals surface area contributed by atoms with Gasteiger partial charge in [0.1, 0.15) is 4.90 Å². The molecule has 6 nitrogen and oxygen atoms in total. The number of alkyl halides is 3. The van der Waals surface area contributed by atoms with Crippen molar-refractivity contribution in [1.82, 2.24) is 0 Å². The van der Waals surface area contributed by atoms with E-state index in [0.29, 0.717) is 11.8 Å². The van der Waals surface area contributed by atoms with Crippen molar-refractivity contribution < 1.29 is 39.8 Å². The second-order valence-corrected chi connectivity index (χ2v) is 7.34. The first kappa shape index (κ1) is 19.5. The summed E-state index contributed by atoms with van der Waals surface area (Å²) in [6.45, 7) is 0.488. The van der Waals surface area contributed by atoms with Crippen LogP contribution in [0.4, 0.5) is 13.2 Å². The maximum Gasteiger partial charge on any atom is 0.417 e. The van der Waals surface area contributed by atoms with Crippen LogP contribution in [-0.2, 0) is 29.6 Å². The molecule has 0 bridgehead atoms. The minimum atomic E-state index is -4.90. The molecule has 0 spiro atoms. The zero-order chi connectivity index (χ0) is 17.0. The standard InChI is InChI=1S/C10H12F3O6PS2/c1-2-21-8-5-3-4-7(10(11,12)13)9(8)22(16,17)19-6-18-20(14)15/h3-5,20H,2,6H2,1H3,(H,14,15). The van der Waals surface area contributed by atoms with Crippen molar-refractivity contribution >= 4 is 30.1 Å². The van der Waals surface area contributed by atoms with Gasteiger partial charge in [-0.2, -0.15) is 21.6 Å². The van der Waals surface area contributed by atoms with Crippen LogP contribution < -0.4 is 0 Å². The third kappa shape index (κ3) is 5.25. The first-order valence-electron chi connectivity index (χ1n) is 5.67. The summed E-state index contributed by atoms with van der Waals surface area (Å²) in [6.07, 6.45) is -4.90. The first-order valence-corrected chi connectivity index (χ1v) is 9.33. The molecule has 1 N–H and O–H groups in total. The molecule has 1 aromatic rings. The predicted molar refractivity (Wildman–Crippen MR) is 73.3 cm³/mol. The van der Waals surface area contributed by atoms with Crippen molar-refractivity contribution in [3.05, 3.63) is 23.8 Å². The van der Waals surface area contributed by atoms with Gasteiger partial charge in [0.05, 0.1) is 5.56 Å². The summed E-state index contributed by atoms with van der Waals surface area (Å²) in [7, 11) is -8.29. The Kier molecular flexibility index (Phi) is 6.90. The van der Waals surface area contributed by atoms with Gasteiger partial charge in [0.2, 0.25) is 0 Å². The van der Waals surface area contributed by atoms with E-state index in [4.69, 9.17) is 4.89 Å². The molecule has 1 unspecified atom stereocenters. The highest BCUT2D eigenvalue weighted by molar-refractivity contribution is 8.00. The van der Waals surface area contributed by atoms with E-state index in [9.17, 15) is 26.2 Å². The van der Waals surface area contributed by atoms with Crippen LogP contribution in [-0.4, -0.2) is 25.9 Å². The number of halogens is 3. The second kappa shape index (κ2) is 7.80. The van der Waals surface area contributed by atoms with Gasteiger partial charge >= 0.3 is 24.5 Å². The van der Waals surface area contributed by atoms with Crippen molar-refractivity contribution in [2.45, 2.75) is 22.9 Å². The third-order valence-electron chi connectivity index (χ3n) is 2.22. The molecule has 0 heterocycles. The molecule has 1 rings (SSSR count). The molecule has 0 saturated carbocycles. The predicted octanol–water partition coefficient (Wildman–Crippen LogP) is 2.88. The van der Waals surface area contributed by atoms with Crippen LogP contribution in [0.15, 0.2) is 28.0 Å². The molecule has 0 aromatic heterocycles. The second-order valence-electron chi connectivity index (χ2n) is 3.66. The summed E-state index contributed by atoms with van der Waals surface area (Å²) in [4.78, 5) is 7.25. The van der Waals surface area contributed by atoms with E-state index in [0.717, 1.165) is 17.8 Å². The Balaban J connectivity index is 3.32. The maximum absolute atomic E-state index is 13.0. The van der Waals surface area contributed by atoms with Gasteiger partial charge in [-0.15, -0.1) is 11.8 Å². The van der Waals surface area contributed by atoms with Gasteiger partial charge in [0.15, 0.2) is 6.79 Å². The summed E-state index contributed by atoms with van der Waals surface area (Å²) < 4.78 is 81.6. The van der Waals surface area contributed by atoms with E-state index in [1.54, 1.807) is 6.92 Å². The van der Waals surface area contributed by atoms with Crippen molar-refractivity contribution in [3.63, 3.8) is 0 Å². The Morgan fingerprint density at radius 3 is 2.50 bits per heavy atom. The van der Waals surface area contributed by atoms with Crippen LogP contribution in [0.3, 0.4) is 0 Å². The van der Waals surface area contributed by atoms with Gasteiger partial charge in [-0.25, -0.2) is 4.18 Å². The van der Waals surface area contributed by atoms with Crippen molar-refractivity contribution in [3.8, 4) is 0 Å². The van der Waals surface area contributed by atoms with Crippen LogP contribution in [0.25, 0.3) is 0 Å². The molecule has 0 aliphatic heterocycles. The Bertz CT molecular complexity index is 647. The lowest BCUT2D eigenvalue weighted by molar-refractivity contribution is -0.140. The zero-order valence-corrected chi connectivity index (χ0v) is 13.7. The topological polar surface area (TPSA) is 89.9 Å². The summed E-state index contributed by atoms with van der Waals surface area (Å²) in [5.41, 5.74) is -1.37. The Morgan fingerprint density at radius 1 is 1.36 bits per heavy atom. The number of thioether (sulfide) groups is 1. The highest BCUT2D eigenvalue weighted by atomic mass is 32.2. The van der Waals surface area contributed by atoms with Gasteiger partial charge in [-0.1, -0.05) is 13.0 Å². The quantitative estimate of drug-likeness (QED) is 0.337. The summed E-state index contributed by atoms with van der Waals surface area (Å²) >= 11 is 0.894. The van der Waals surface area contributed by atoms with E-state index in [1.165, 1.54) is 6.07 Å². The van der Waals surface area contributed by atoms with Gasteiger partial charge in [0, 0.05) is 4.90 Å². The highest BCUT2D eigenvalue weighted by Gasteiger charge is 2.39. The molecule has 12 heteroatoms. The first-order chi connectivity index (χ1) is 10.1. The Hall–Kier alpha value is -0.580. The van der Waals surface area contributed by atoms with Crippen molar-refractivity contribution in [1.29, 1.82) is 0 Å². The minimum absolute atomic E-state index is 0.131. The Labute approximate surface area is 129 Å². The number of hydrogen-bond donors (Lipinski definition) is 1. The SMILES string of the molecule is CCSc1cccc(C(F)(F)F)c1S(=O)(=O)OCO[PH](=O)O. The molecule has 1 atom stereocenters. The fourth-order valence-electron chi connectivity index (χ4n) is 1.46. The number of rotatable bonds is 7. The molecule has 126 valence electrons. The monoisotopic (exact) mass is 380 g/mol. The van der Waals surface area contributed by atoms with Gasteiger partial charge < -0.3 is 4.89 Å². The molecule has 1 aromatic carbocycles. The molecule has 0 radical (unpaired) electrons. The van der Waals surface area contributed by atoms with E-state index in [1.807, 2.05) is 0 Å². The summed E-state index contributed by atoms with van der Waals surface area (Å²) in [5.74, 6) is 0.338. The summed E-state index contributed by atoms with van der Waals surface area (Å²) in [6, 6.07) is 2.92. The molecule has 0 aliphatic carbocycles. The van der Waals surface area contributed by atoms with Crippen LogP contribution in [0.2, 0.25) is 0 Å². The lowest BCUT2D eigenvalue weighted by Crippen LogP contribution is -2.17. The van der Waals surface area contributed by atoms with Crippen LogP contribution >= 0.6 is 20.0 Å². The van der Waals surface area contributed by atoms with E-state index < -0.39 is 41.8 Å². The van der Waals surface area contributed by atoms with Crippen LogP contribution in [0.1, 0.15) is 12.5 Å². The molecular weight excluding hydrogens is 368 g/mol. The van der Waals surface area contributed by atoms with Crippen LogP contribution in [0.5, 0.6) is 0 Å². The lowest BCUT2D eigenvalue weighted by atomic mass is 10.2. The smallest absolute Gasteiger partial charge is 0.326 e. The average molecular weight is 380 g/mol. The molecule has 0 aliphatic rings. The number of benzene rings is 1. The average Bonchev–Trinajstić information content (AvgIpc) is 2.37. The largest absolute Gasteiger partial charge is 0.417 e. The van der Waals surface area contributed by atoms with Gasteiger partial charge in [-0.3, -0.25) is 9.09 Å². The van der Waals surface area contributed by atoms with E-state index >= 15 is 0 Å². The molecule has 0 fully saturated rings. The molecule has 22 heavy (non-hydrogen) atoms. The van der Waals surface area contributed by atoms with E-state index in [2.05, 4.69) is 8.71 Å². The van der Waals surface area contributed by atoms with E-state index in [-0.39, 0.29) is 4.90 Å². The Morgan fingerprint density at radius 2 is 2.00 bits per heavy atom. The zero-order valence-electron chi connectivity index (χ0n) is 11.1. The lowest BCUT2D eigenvalue weighted by Gasteiger charge is -2.16. The maximum atomic E-state index is 13.0. The van der Waals surface area contributed by atoms with Crippen LogP contribution in [0, 0.1) is 0 Å². The van der Waals surface area contributed by atoms with Crippen molar-refractivity contribution in [2.24, 2.45) is 0 Å². The van der Waals surface area contributed by atoms with Gasteiger partial charge in [-0.05, 0) is 17.9 Å². The molecule has 0 saturated heterocycles.